The monoisotopic (exact) mass is 418 g/mol. The highest BCUT2D eigenvalue weighted by Crippen LogP contribution is 2.30. The normalized spacial score (nSPS) is 21.9. The number of rotatable bonds is 3. The molecule has 2 atom stereocenters. The zero-order valence-electron chi connectivity index (χ0n) is 14.4. The van der Waals surface area contributed by atoms with Gasteiger partial charge in [0.15, 0.2) is 17.7 Å². The number of halogens is 1. The fraction of sp³-hybridized carbons (Fsp3) is 0.368. The van der Waals surface area contributed by atoms with Gasteiger partial charge in [0.05, 0.1) is 17.6 Å². The summed E-state index contributed by atoms with van der Waals surface area (Å²) in [6.07, 6.45) is 2.11. The molecule has 0 N–H and O–H groups in total. The molecule has 26 heavy (non-hydrogen) atoms. The number of ether oxygens (including phenoxy) is 2. The van der Waals surface area contributed by atoms with Crippen molar-refractivity contribution in [2.45, 2.75) is 38.8 Å². The molecule has 7 heteroatoms. The summed E-state index contributed by atoms with van der Waals surface area (Å²) in [7, 11) is 0. The molecule has 1 saturated heterocycles. The first-order valence-corrected chi connectivity index (χ1v) is 9.39. The maximum atomic E-state index is 13.1. The van der Waals surface area contributed by atoms with E-state index in [1.54, 1.807) is 15.7 Å². The van der Waals surface area contributed by atoms with Gasteiger partial charge >= 0.3 is 0 Å². The summed E-state index contributed by atoms with van der Waals surface area (Å²) < 4.78 is 13.7. The Morgan fingerprint density at radius 2 is 2.04 bits per heavy atom. The molecule has 0 radical (unpaired) electrons. The van der Waals surface area contributed by atoms with Gasteiger partial charge in [0.1, 0.15) is 6.61 Å². The van der Waals surface area contributed by atoms with Crippen molar-refractivity contribution in [3.05, 3.63) is 62.5 Å². The van der Waals surface area contributed by atoms with Gasteiger partial charge < -0.3 is 18.9 Å². The molecule has 2 unspecified atom stereocenters. The van der Waals surface area contributed by atoms with E-state index in [4.69, 9.17) is 9.47 Å². The average molecular weight is 419 g/mol. The van der Waals surface area contributed by atoms with Crippen LogP contribution in [0.1, 0.15) is 29.4 Å². The van der Waals surface area contributed by atoms with Crippen molar-refractivity contribution in [2.24, 2.45) is 0 Å². The van der Waals surface area contributed by atoms with Crippen molar-refractivity contribution < 1.29 is 14.3 Å². The van der Waals surface area contributed by atoms with Crippen LogP contribution in [-0.2, 0) is 17.9 Å². The van der Waals surface area contributed by atoms with Crippen molar-refractivity contribution in [3.8, 4) is 5.75 Å². The minimum atomic E-state index is -0.315. The van der Waals surface area contributed by atoms with Crippen LogP contribution < -0.4 is 10.2 Å². The number of hydrogen-bond donors (Lipinski definition) is 0. The van der Waals surface area contributed by atoms with E-state index in [0.29, 0.717) is 23.3 Å². The molecule has 0 aliphatic carbocycles. The molecule has 4 rings (SSSR count). The zero-order valence-corrected chi connectivity index (χ0v) is 15.9. The van der Waals surface area contributed by atoms with Crippen molar-refractivity contribution in [1.82, 2.24) is 9.47 Å². The second-order valence-corrected chi connectivity index (χ2v) is 7.44. The number of benzene rings is 1. The van der Waals surface area contributed by atoms with E-state index in [-0.39, 0.29) is 36.0 Å². The predicted octanol–water partition coefficient (Wildman–Crippen LogP) is 2.78. The summed E-state index contributed by atoms with van der Waals surface area (Å²) in [5, 5.41) is 0. The van der Waals surface area contributed by atoms with Crippen LogP contribution in [-0.4, -0.2) is 34.3 Å². The highest BCUT2D eigenvalue weighted by Gasteiger charge is 2.40. The molecular weight excluding hydrogens is 400 g/mol. The lowest BCUT2D eigenvalue weighted by atomic mass is 10.1. The summed E-state index contributed by atoms with van der Waals surface area (Å²) in [4.78, 5) is 27.5. The summed E-state index contributed by atoms with van der Waals surface area (Å²) in [5.74, 6) is -0.134. The Bertz CT molecular complexity index is 896. The van der Waals surface area contributed by atoms with Crippen LogP contribution in [0, 0.1) is 0 Å². The number of fused-ring (bicyclic) bond motifs is 2. The van der Waals surface area contributed by atoms with Gasteiger partial charge in [-0.25, -0.2) is 0 Å². The minimum absolute atomic E-state index is 0.0655. The SMILES string of the molecule is CC1CCOC2Cn3cc(Br)c(=O)c(OCc4ccccc4)c3C(=O)N12. The Morgan fingerprint density at radius 1 is 1.27 bits per heavy atom. The average Bonchev–Trinajstić information content (AvgIpc) is 2.63. The Hall–Kier alpha value is -2.12. The van der Waals surface area contributed by atoms with Crippen LogP contribution >= 0.6 is 15.9 Å². The largest absolute Gasteiger partial charge is 0.483 e. The van der Waals surface area contributed by atoms with Crippen LogP contribution in [0.3, 0.4) is 0 Å². The first-order valence-electron chi connectivity index (χ1n) is 8.60. The van der Waals surface area contributed by atoms with Crippen molar-refractivity contribution in [2.75, 3.05) is 6.61 Å². The molecule has 0 saturated carbocycles. The van der Waals surface area contributed by atoms with Crippen molar-refractivity contribution in [1.29, 1.82) is 0 Å². The van der Waals surface area contributed by atoms with E-state index in [9.17, 15) is 9.59 Å². The first kappa shape index (κ1) is 17.3. The molecule has 0 spiro atoms. The third kappa shape index (κ3) is 2.95. The van der Waals surface area contributed by atoms with E-state index in [0.717, 1.165) is 12.0 Å². The summed E-state index contributed by atoms with van der Waals surface area (Å²) in [5.41, 5.74) is 0.911. The number of pyridine rings is 1. The maximum Gasteiger partial charge on any atom is 0.276 e. The fourth-order valence-corrected chi connectivity index (χ4v) is 3.90. The minimum Gasteiger partial charge on any atom is -0.483 e. The van der Waals surface area contributed by atoms with Gasteiger partial charge in [-0.3, -0.25) is 9.59 Å². The third-order valence-electron chi connectivity index (χ3n) is 4.84. The Morgan fingerprint density at radius 3 is 2.81 bits per heavy atom. The number of nitrogens with zero attached hydrogens (tertiary/aromatic N) is 2. The Labute approximate surface area is 159 Å². The number of hydrogen-bond acceptors (Lipinski definition) is 4. The van der Waals surface area contributed by atoms with E-state index < -0.39 is 0 Å². The van der Waals surface area contributed by atoms with Crippen LogP contribution in [0.5, 0.6) is 5.75 Å². The second kappa shape index (κ2) is 6.89. The molecule has 6 nitrogen and oxygen atoms in total. The molecule has 1 fully saturated rings. The lowest BCUT2D eigenvalue weighted by molar-refractivity contribution is -0.112. The van der Waals surface area contributed by atoms with E-state index in [1.165, 1.54) is 0 Å². The smallest absolute Gasteiger partial charge is 0.276 e. The molecule has 1 amide bonds. The van der Waals surface area contributed by atoms with E-state index in [2.05, 4.69) is 15.9 Å². The van der Waals surface area contributed by atoms with Gasteiger partial charge in [-0.2, -0.15) is 0 Å². The molecule has 136 valence electrons. The number of carbonyl (C=O) groups is 1. The molecule has 0 bridgehead atoms. The van der Waals surface area contributed by atoms with Crippen LogP contribution in [0.4, 0.5) is 0 Å². The second-order valence-electron chi connectivity index (χ2n) is 6.59. The molecule has 2 aliphatic heterocycles. The maximum absolute atomic E-state index is 13.1. The molecule has 1 aromatic heterocycles. The van der Waals surface area contributed by atoms with Crippen LogP contribution in [0.2, 0.25) is 0 Å². The lowest BCUT2D eigenvalue weighted by Crippen LogP contribution is -2.57. The summed E-state index contributed by atoms with van der Waals surface area (Å²) in [6.45, 7) is 3.34. The van der Waals surface area contributed by atoms with Gasteiger partial charge in [-0.15, -0.1) is 0 Å². The standard InChI is InChI=1S/C19H19BrN2O4/c1-12-7-8-25-15-10-21-9-14(20)17(23)18(16(21)19(24)22(12)15)26-11-13-5-3-2-4-6-13/h2-6,9,12,15H,7-8,10-11H2,1H3. The predicted molar refractivity (Wildman–Crippen MR) is 99.2 cm³/mol. The third-order valence-corrected chi connectivity index (χ3v) is 5.41. The number of amides is 1. The van der Waals surface area contributed by atoms with Gasteiger partial charge in [-0.05, 0) is 34.8 Å². The summed E-state index contributed by atoms with van der Waals surface area (Å²) >= 11 is 3.29. The number of carbonyl (C=O) groups excluding carboxylic acids is 1. The zero-order chi connectivity index (χ0) is 18.3. The first-order chi connectivity index (χ1) is 12.6. The molecule has 2 aromatic rings. The molecular formula is C19H19BrN2O4. The van der Waals surface area contributed by atoms with Gasteiger partial charge in [0.2, 0.25) is 5.43 Å². The topological polar surface area (TPSA) is 60.8 Å². The lowest BCUT2D eigenvalue weighted by Gasteiger charge is -2.44. The fourth-order valence-electron chi connectivity index (χ4n) is 3.47. The Kier molecular flexibility index (Phi) is 4.58. The Balaban J connectivity index is 1.74. The van der Waals surface area contributed by atoms with Crippen LogP contribution in [0.15, 0.2) is 45.8 Å². The number of aromatic nitrogens is 1. The highest BCUT2D eigenvalue weighted by molar-refractivity contribution is 9.10. The molecule has 2 aliphatic rings. The van der Waals surface area contributed by atoms with Crippen LogP contribution in [0.25, 0.3) is 0 Å². The summed E-state index contributed by atoms with van der Waals surface area (Å²) in [6, 6.07) is 9.63. The van der Waals surface area contributed by atoms with E-state index >= 15 is 0 Å². The van der Waals surface area contributed by atoms with Gasteiger partial charge in [0.25, 0.3) is 5.91 Å². The molecule has 3 heterocycles. The quantitative estimate of drug-likeness (QED) is 0.768. The van der Waals surface area contributed by atoms with Crippen molar-refractivity contribution in [3.63, 3.8) is 0 Å². The van der Waals surface area contributed by atoms with Crippen molar-refractivity contribution >= 4 is 21.8 Å². The molecule has 1 aromatic carbocycles. The van der Waals surface area contributed by atoms with Gasteiger partial charge in [-0.1, -0.05) is 30.3 Å². The highest BCUT2D eigenvalue weighted by atomic mass is 79.9. The van der Waals surface area contributed by atoms with E-state index in [1.807, 2.05) is 37.3 Å². The van der Waals surface area contributed by atoms with Gasteiger partial charge in [0, 0.05) is 12.2 Å².